The SMILES string of the molecule is Cc1ccc(C(C)C)c(OC(C)C(=O)Nc2ccc(Cl)cc2)c1. The van der Waals surface area contributed by atoms with E-state index in [-0.39, 0.29) is 5.91 Å². The van der Waals surface area contributed by atoms with Gasteiger partial charge in [0.25, 0.3) is 5.91 Å². The van der Waals surface area contributed by atoms with Crippen LogP contribution in [0.15, 0.2) is 42.5 Å². The first-order valence-corrected chi connectivity index (χ1v) is 8.08. The predicted molar refractivity (Wildman–Crippen MR) is 95.4 cm³/mol. The van der Waals surface area contributed by atoms with Crippen molar-refractivity contribution in [2.24, 2.45) is 0 Å². The summed E-state index contributed by atoms with van der Waals surface area (Å²) in [6.07, 6.45) is -0.593. The molecular weight excluding hydrogens is 310 g/mol. The Kier molecular flexibility index (Phi) is 5.67. The Balaban J connectivity index is 2.09. The van der Waals surface area contributed by atoms with E-state index in [9.17, 15) is 4.79 Å². The fourth-order valence-electron chi connectivity index (χ4n) is 2.24. The highest BCUT2D eigenvalue weighted by Crippen LogP contribution is 2.28. The van der Waals surface area contributed by atoms with Crippen LogP contribution in [0.2, 0.25) is 5.02 Å². The number of ether oxygens (including phenoxy) is 1. The Labute approximate surface area is 142 Å². The molecule has 1 amide bonds. The van der Waals surface area contributed by atoms with Gasteiger partial charge in [-0.3, -0.25) is 4.79 Å². The number of hydrogen-bond acceptors (Lipinski definition) is 2. The molecule has 1 atom stereocenters. The van der Waals surface area contributed by atoms with Gasteiger partial charge in [0.2, 0.25) is 0 Å². The van der Waals surface area contributed by atoms with Crippen molar-refractivity contribution < 1.29 is 9.53 Å². The van der Waals surface area contributed by atoms with Crippen LogP contribution in [-0.4, -0.2) is 12.0 Å². The minimum Gasteiger partial charge on any atom is -0.481 e. The minimum atomic E-state index is -0.593. The molecule has 0 heterocycles. The van der Waals surface area contributed by atoms with Crippen LogP contribution < -0.4 is 10.1 Å². The van der Waals surface area contributed by atoms with Crippen LogP contribution in [0, 0.1) is 6.92 Å². The molecule has 4 heteroatoms. The number of hydrogen-bond donors (Lipinski definition) is 1. The number of benzene rings is 2. The Bertz CT molecular complexity index is 680. The molecule has 0 aromatic heterocycles. The van der Waals surface area contributed by atoms with Crippen LogP contribution >= 0.6 is 11.6 Å². The van der Waals surface area contributed by atoms with E-state index in [1.165, 1.54) is 0 Å². The van der Waals surface area contributed by atoms with Gasteiger partial charge in [-0.1, -0.05) is 37.6 Å². The summed E-state index contributed by atoms with van der Waals surface area (Å²) in [5.74, 6) is 0.902. The number of carbonyl (C=O) groups is 1. The molecule has 0 bridgehead atoms. The number of rotatable bonds is 5. The zero-order valence-corrected chi connectivity index (χ0v) is 14.6. The molecule has 0 radical (unpaired) electrons. The van der Waals surface area contributed by atoms with Gasteiger partial charge in [0.1, 0.15) is 5.75 Å². The summed E-state index contributed by atoms with van der Waals surface area (Å²) in [5, 5.41) is 3.46. The quantitative estimate of drug-likeness (QED) is 0.820. The van der Waals surface area contributed by atoms with Crippen molar-refractivity contribution in [2.75, 3.05) is 5.32 Å². The smallest absolute Gasteiger partial charge is 0.265 e. The maximum absolute atomic E-state index is 12.3. The van der Waals surface area contributed by atoms with E-state index in [0.717, 1.165) is 16.9 Å². The van der Waals surface area contributed by atoms with E-state index in [4.69, 9.17) is 16.3 Å². The van der Waals surface area contributed by atoms with Crippen molar-refractivity contribution in [3.05, 3.63) is 58.6 Å². The topological polar surface area (TPSA) is 38.3 Å². The molecule has 2 aromatic carbocycles. The first-order chi connectivity index (χ1) is 10.9. The lowest BCUT2D eigenvalue weighted by atomic mass is 10.0. The molecule has 1 unspecified atom stereocenters. The van der Waals surface area contributed by atoms with Gasteiger partial charge in [-0.15, -0.1) is 0 Å². The molecule has 1 N–H and O–H groups in total. The molecule has 122 valence electrons. The average Bonchev–Trinajstić information content (AvgIpc) is 2.49. The number of carbonyl (C=O) groups excluding carboxylic acids is 1. The number of aryl methyl sites for hydroxylation is 1. The first-order valence-electron chi connectivity index (χ1n) is 7.70. The number of halogens is 1. The number of amides is 1. The van der Waals surface area contributed by atoms with E-state index in [2.05, 4.69) is 31.3 Å². The summed E-state index contributed by atoms with van der Waals surface area (Å²) in [6, 6.07) is 13.1. The summed E-state index contributed by atoms with van der Waals surface area (Å²) in [5.41, 5.74) is 2.90. The van der Waals surface area contributed by atoms with E-state index >= 15 is 0 Å². The van der Waals surface area contributed by atoms with Gasteiger partial charge in [-0.05, 0) is 61.2 Å². The zero-order valence-electron chi connectivity index (χ0n) is 13.9. The van der Waals surface area contributed by atoms with Crippen LogP contribution in [0.3, 0.4) is 0 Å². The third kappa shape index (κ3) is 4.73. The summed E-state index contributed by atoms with van der Waals surface area (Å²) in [6.45, 7) is 7.97. The van der Waals surface area contributed by atoms with Crippen LogP contribution in [0.25, 0.3) is 0 Å². The fraction of sp³-hybridized carbons (Fsp3) is 0.316. The second-order valence-corrected chi connectivity index (χ2v) is 6.39. The van der Waals surface area contributed by atoms with Crippen LogP contribution in [0.1, 0.15) is 37.8 Å². The summed E-state index contributed by atoms with van der Waals surface area (Å²) >= 11 is 5.84. The van der Waals surface area contributed by atoms with E-state index in [1.54, 1.807) is 31.2 Å². The first kappa shape index (κ1) is 17.4. The highest BCUT2D eigenvalue weighted by atomic mass is 35.5. The fourth-order valence-corrected chi connectivity index (χ4v) is 2.37. The second-order valence-electron chi connectivity index (χ2n) is 5.95. The molecule has 0 saturated heterocycles. The lowest BCUT2D eigenvalue weighted by Crippen LogP contribution is -2.30. The maximum Gasteiger partial charge on any atom is 0.265 e. The largest absolute Gasteiger partial charge is 0.481 e. The Morgan fingerprint density at radius 1 is 1.09 bits per heavy atom. The van der Waals surface area contributed by atoms with Crippen molar-refractivity contribution in [3.63, 3.8) is 0 Å². The number of nitrogens with one attached hydrogen (secondary N) is 1. The third-order valence-corrected chi connectivity index (χ3v) is 3.83. The predicted octanol–water partition coefficient (Wildman–Crippen LogP) is 5.18. The summed E-state index contributed by atoms with van der Waals surface area (Å²) < 4.78 is 5.91. The standard InChI is InChI=1S/C19H22ClNO2/c1-12(2)17-10-5-13(3)11-18(17)23-14(4)19(22)21-16-8-6-15(20)7-9-16/h5-12,14H,1-4H3,(H,21,22). The molecule has 3 nitrogen and oxygen atoms in total. The van der Waals surface area contributed by atoms with E-state index in [0.29, 0.717) is 16.6 Å². The molecule has 23 heavy (non-hydrogen) atoms. The molecule has 0 fully saturated rings. The third-order valence-electron chi connectivity index (χ3n) is 3.58. The Morgan fingerprint density at radius 3 is 2.35 bits per heavy atom. The monoisotopic (exact) mass is 331 g/mol. The summed E-state index contributed by atoms with van der Waals surface area (Å²) in [7, 11) is 0. The molecule has 0 saturated carbocycles. The Hall–Kier alpha value is -2.00. The van der Waals surface area contributed by atoms with Crippen LogP contribution in [-0.2, 0) is 4.79 Å². The lowest BCUT2D eigenvalue weighted by Gasteiger charge is -2.19. The van der Waals surface area contributed by atoms with Crippen molar-refractivity contribution in [2.45, 2.75) is 39.7 Å². The van der Waals surface area contributed by atoms with Crippen LogP contribution in [0.4, 0.5) is 5.69 Å². The van der Waals surface area contributed by atoms with Gasteiger partial charge in [-0.25, -0.2) is 0 Å². The maximum atomic E-state index is 12.3. The van der Waals surface area contributed by atoms with Gasteiger partial charge in [0, 0.05) is 10.7 Å². The van der Waals surface area contributed by atoms with Crippen molar-refractivity contribution >= 4 is 23.2 Å². The van der Waals surface area contributed by atoms with Crippen LogP contribution in [0.5, 0.6) is 5.75 Å². The van der Waals surface area contributed by atoms with E-state index in [1.807, 2.05) is 13.0 Å². The molecule has 0 aliphatic heterocycles. The van der Waals surface area contributed by atoms with Gasteiger partial charge >= 0.3 is 0 Å². The van der Waals surface area contributed by atoms with Gasteiger partial charge in [0.05, 0.1) is 0 Å². The highest BCUT2D eigenvalue weighted by Gasteiger charge is 2.17. The molecular formula is C19H22ClNO2. The minimum absolute atomic E-state index is 0.191. The van der Waals surface area contributed by atoms with Gasteiger partial charge in [0.15, 0.2) is 6.10 Å². The molecule has 0 spiro atoms. The van der Waals surface area contributed by atoms with Gasteiger partial charge in [-0.2, -0.15) is 0 Å². The normalized spacial score (nSPS) is 12.1. The molecule has 0 aliphatic rings. The second kappa shape index (κ2) is 7.51. The molecule has 0 aliphatic carbocycles. The van der Waals surface area contributed by atoms with Gasteiger partial charge < -0.3 is 10.1 Å². The average molecular weight is 332 g/mol. The molecule has 2 aromatic rings. The van der Waals surface area contributed by atoms with Crippen molar-refractivity contribution in [1.29, 1.82) is 0 Å². The van der Waals surface area contributed by atoms with Crippen molar-refractivity contribution in [3.8, 4) is 5.75 Å². The lowest BCUT2D eigenvalue weighted by molar-refractivity contribution is -0.122. The summed E-state index contributed by atoms with van der Waals surface area (Å²) in [4.78, 5) is 12.3. The zero-order chi connectivity index (χ0) is 17.0. The number of anilines is 1. The molecule has 2 rings (SSSR count). The Morgan fingerprint density at radius 2 is 1.74 bits per heavy atom. The highest BCUT2D eigenvalue weighted by molar-refractivity contribution is 6.30. The van der Waals surface area contributed by atoms with E-state index < -0.39 is 6.10 Å². The van der Waals surface area contributed by atoms with Crippen molar-refractivity contribution in [1.82, 2.24) is 0 Å².